The van der Waals surface area contributed by atoms with Crippen molar-refractivity contribution in [2.24, 2.45) is 0 Å². The average molecular weight is 342 g/mol. The maximum Gasteiger partial charge on any atom is 0.272 e. The highest BCUT2D eigenvalue weighted by atomic mass is 16.5. The zero-order chi connectivity index (χ0) is 17.6. The third-order valence-corrected chi connectivity index (χ3v) is 4.16. The first-order chi connectivity index (χ1) is 12.2. The fourth-order valence-corrected chi connectivity index (χ4v) is 2.81. The molecule has 2 aromatic rings. The summed E-state index contributed by atoms with van der Waals surface area (Å²) < 4.78 is 10.5. The number of amides is 1. The van der Waals surface area contributed by atoms with E-state index in [1.165, 1.54) is 6.33 Å². The van der Waals surface area contributed by atoms with E-state index in [4.69, 9.17) is 9.47 Å². The van der Waals surface area contributed by atoms with Crippen molar-refractivity contribution in [3.05, 3.63) is 42.4 Å². The maximum atomic E-state index is 12.6. The van der Waals surface area contributed by atoms with E-state index < -0.39 is 0 Å². The number of ether oxygens (including phenoxy) is 2. The lowest BCUT2D eigenvalue weighted by Crippen LogP contribution is -2.49. The molecule has 0 radical (unpaired) electrons. The average Bonchev–Trinajstić information content (AvgIpc) is 2.68. The minimum absolute atomic E-state index is 0.0854. The number of aromatic nitrogens is 2. The number of hydrogen-bond acceptors (Lipinski definition) is 6. The summed E-state index contributed by atoms with van der Waals surface area (Å²) in [6, 6.07) is 9.57. The Morgan fingerprint density at radius 1 is 1.12 bits per heavy atom. The lowest BCUT2D eigenvalue weighted by molar-refractivity contribution is 0.0740. The zero-order valence-corrected chi connectivity index (χ0v) is 14.5. The highest BCUT2D eigenvalue weighted by molar-refractivity contribution is 5.92. The molecule has 0 saturated carbocycles. The fraction of sp³-hybridized carbons (Fsp3) is 0.389. The molecule has 0 bridgehead atoms. The van der Waals surface area contributed by atoms with Crippen molar-refractivity contribution < 1.29 is 14.3 Å². The molecule has 0 spiro atoms. The third-order valence-electron chi connectivity index (χ3n) is 4.16. The number of carbonyl (C=O) groups excluding carboxylic acids is 1. The standard InChI is InChI=1S/C18H22N4O3/c1-3-25-17-12-16(19-13-20-17)18(23)22-10-8-21(9-11-22)14-4-6-15(24-2)7-5-14/h4-7,12-13H,3,8-11H2,1-2H3. The van der Waals surface area contributed by atoms with Gasteiger partial charge in [-0.05, 0) is 31.2 Å². The molecule has 1 aliphatic rings. The van der Waals surface area contributed by atoms with Crippen molar-refractivity contribution in [2.45, 2.75) is 6.92 Å². The number of hydrogen-bond donors (Lipinski definition) is 0. The molecule has 132 valence electrons. The minimum atomic E-state index is -0.0854. The van der Waals surface area contributed by atoms with Crippen LogP contribution in [0.2, 0.25) is 0 Å². The molecule has 1 aliphatic heterocycles. The summed E-state index contributed by atoms with van der Waals surface area (Å²) in [5.74, 6) is 1.18. The lowest BCUT2D eigenvalue weighted by Gasteiger charge is -2.36. The molecule has 0 unspecified atom stereocenters. The van der Waals surface area contributed by atoms with Crippen LogP contribution in [0.15, 0.2) is 36.7 Å². The minimum Gasteiger partial charge on any atom is -0.497 e. The van der Waals surface area contributed by atoms with Crippen LogP contribution in [0.4, 0.5) is 5.69 Å². The van der Waals surface area contributed by atoms with Crippen LogP contribution in [-0.4, -0.2) is 60.7 Å². The van der Waals surface area contributed by atoms with E-state index in [2.05, 4.69) is 14.9 Å². The number of anilines is 1. The highest BCUT2D eigenvalue weighted by Gasteiger charge is 2.23. The van der Waals surface area contributed by atoms with Gasteiger partial charge >= 0.3 is 0 Å². The molecule has 3 rings (SSSR count). The van der Waals surface area contributed by atoms with Gasteiger partial charge in [-0.2, -0.15) is 0 Å². The number of benzene rings is 1. The summed E-state index contributed by atoms with van der Waals surface area (Å²) in [6.45, 7) is 5.24. The second-order valence-electron chi connectivity index (χ2n) is 5.65. The first-order valence-electron chi connectivity index (χ1n) is 8.34. The van der Waals surface area contributed by atoms with Gasteiger partial charge in [0.2, 0.25) is 5.88 Å². The molecule has 1 amide bonds. The molecule has 2 heterocycles. The van der Waals surface area contributed by atoms with Crippen LogP contribution >= 0.6 is 0 Å². The Morgan fingerprint density at radius 2 is 1.84 bits per heavy atom. The zero-order valence-electron chi connectivity index (χ0n) is 14.5. The van der Waals surface area contributed by atoms with Crippen LogP contribution in [0.5, 0.6) is 11.6 Å². The quantitative estimate of drug-likeness (QED) is 0.826. The Kier molecular flexibility index (Phi) is 5.33. The van der Waals surface area contributed by atoms with Crippen LogP contribution < -0.4 is 14.4 Å². The summed E-state index contributed by atoms with van der Waals surface area (Å²) in [6.07, 6.45) is 1.37. The number of piperazine rings is 1. The van der Waals surface area contributed by atoms with Crippen molar-refractivity contribution in [3.8, 4) is 11.6 Å². The van der Waals surface area contributed by atoms with Crippen molar-refractivity contribution >= 4 is 11.6 Å². The fourth-order valence-electron chi connectivity index (χ4n) is 2.81. The monoisotopic (exact) mass is 342 g/mol. The second-order valence-corrected chi connectivity index (χ2v) is 5.65. The van der Waals surface area contributed by atoms with Crippen molar-refractivity contribution in [3.63, 3.8) is 0 Å². The first-order valence-corrected chi connectivity index (χ1v) is 8.34. The number of methoxy groups -OCH3 is 1. The predicted molar refractivity (Wildman–Crippen MR) is 94.3 cm³/mol. The van der Waals surface area contributed by atoms with E-state index in [1.54, 1.807) is 13.2 Å². The van der Waals surface area contributed by atoms with Gasteiger partial charge in [0.05, 0.1) is 13.7 Å². The number of carbonyl (C=O) groups is 1. The SMILES string of the molecule is CCOc1cc(C(=O)N2CCN(c3ccc(OC)cc3)CC2)ncn1. The van der Waals surface area contributed by atoms with Gasteiger partial charge in [0.15, 0.2) is 0 Å². The van der Waals surface area contributed by atoms with Crippen LogP contribution in [0.1, 0.15) is 17.4 Å². The molecule has 1 saturated heterocycles. The summed E-state index contributed by atoms with van der Waals surface area (Å²) in [5, 5.41) is 0. The normalized spacial score (nSPS) is 14.3. The number of rotatable bonds is 5. The van der Waals surface area contributed by atoms with E-state index in [-0.39, 0.29) is 5.91 Å². The lowest BCUT2D eigenvalue weighted by atomic mass is 10.2. The van der Waals surface area contributed by atoms with Crippen molar-refractivity contribution in [1.29, 1.82) is 0 Å². The largest absolute Gasteiger partial charge is 0.497 e. The van der Waals surface area contributed by atoms with Crippen molar-refractivity contribution in [1.82, 2.24) is 14.9 Å². The van der Waals surface area contributed by atoms with Gasteiger partial charge in [-0.1, -0.05) is 0 Å². The van der Waals surface area contributed by atoms with Gasteiger partial charge in [-0.15, -0.1) is 0 Å². The molecule has 1 fully saturated rings. The van der Waals surface area contributed by atoms with Gasteiger partial charge in [-0.25, -0.2) is 9.97 Å². The molecule has 0 atom stereocenters. The molecular formula is C18H22N4O3. The van der Waals surface area contributed by atoms with Crippen molar-refractivity contribution in [2.75, 3.05) is 44.8 Å². The molecule has 25 heavy (non-hydrogen) atoms. The van der Waals surface area contributed by atoms with Gasteiger partial charge in [0.1, 0.15) is 17.8 Å². The van der Waals surface area contributed by atoms with Gasteiger partial charge in [0.25, 0.3) is 5.91 Å². The first kappa shape index (κ1) is 17.0. The maximum absolute atomic E-state index is 12.6. The summed E-state index contributed by atoms with van der Waals surface area (Å²) in [5.41, 5.74) is 1.50. The van der Waals surface area contributed by atoms with Gasteiger partial charge < -0.3 is 19.3 Å². The second kappa shape index (κ2) is 7.83. The molecule has 1 aromatic carbocycles. The molecule has 0 N–H and O–H groups in total. The molecule has 1 aromatic heterocycles. The summed E-state index contributed by atoms with van der Waals surface area (Å²) in [7, 11) is 1.66. The Hall–Kier alpha value is -2.83. The smallest absolute Gasteiger partial charge is 0.272 e. The van der Waals surface area contributed by atoms with Crippen LogP contribution in [-0.2, 0) is 0 Å². The molecule has 7 heteroatoms. The summed E-state index contributed by atoms with van der Waals surface area (Å²) in [4.78, 5) is 24.8. The predicted octanol–water partition coefficient (Wildman–Crippen LogP) is 1.85. The van der Waals surface area contributed by atoms with E-state index in [1.807, 2.05) is 36.1 Å². The Morgan fingerprint density at radius 3 is 2.48 bits per heavy atom. The van der Waals surface area contributed by atoms with E-state index in [0.717, 1.165) is 24.5 Å². The van der Waals surface area contributed by atoms with Gasteiger partial charge in [-0.3, -0.25) is 4.79 Å². The van der Waals surface area contributed by atoms with E-state index in [0.29, 0.717) is 31.3 Å². The Balaban J connectivity index is 1.61. The van der Waals surface area contributed by atoms with Crippen LogP contribution in [0.25, 0.3) is 0 Å². The van der Waals surface area contributed by atoms with Gasteiger partial charge in [0, 0.05) is 37.9 Å². The highest BCUT2D eigenvalue weighted by Crippen LogP contribution is 2.21. The molecular weight excluding hydrogens is 320 g/mol. The third kappa shape index (κ3) is 3.99. The molecule has 0 aliphatic carbocycles. The Labute approximate surface area is 147 Å². The number of nitrogens with zero attached hydrogens (tertiary/aromatic N) is 4. The topological polar surface area (TPSA) is 67.8 Å². The van der Waals surface area contributed by atoms with E-state index in [9.17, 15) is 4.79 Å². The van der Waals surface area contributed by atoms with E-state index >= 15 is 0 Å². The van der Waals surface area contributed by atoms with Crippen LogP contribution in [0.3, 0.4) is 0 Å². The molecule has 7 nitrogen and oxygen atoms in total. The summed E-state index contributed by atoms with van der Waals surface area (Å²) >= 11 is 0. The Bertz CT molecular complexity index is 713. The van der Waals surface area contributed by atoms with Crippen LogP contribution in [0, 0.1) is 0 Å².